The first-order valence-corrected chi connectivity index (χ1v) is 10.3. The van der Waals surface area contributed by atoms with Crippen LogP contribution in [0.5, 0.6) is 0 Å². The molecule has 2 aromatic rings. The lowest BCUT2D eigenvalue weighted by Gasteiger charge is -2.44. The number of rotatable bonds is 3. The largest absolute Gasteiger partial charge is 0.353 e. The van der Waals surface area contributed by atoms with E-state index in [2.05, 4.69) is 31.3 Å². The van der Waals surface area contributed by atoms with E-state index >= 15 is 0 Å². The summed E-state index contributed by atoms with van der Waals surface area (Å²) in [6.07, 6.45) is 1.53. The van der Waals surface area contributed by atoms with E-state index in [4.69, 9.17) is 0 Å². The Labute approximate surface area is 172 Å². The summed E-state index contributed by atoms with van der Waals surface area (Å²) in [5.74, 6) is 0.0545. The van der Waals surface area contributed by atoms with Crippen molar-refractivity contribution < 1.29 is 9.59 Å². The van der Waals surface area contributed by atoms with E-state index in [1.807, 2.05) is 48.5 Å². The van der Waals surface area contributed by atoms with E-state index in [1.54, 1.807) is 4.90 Å². The molecule has 4 heteroatoms. The third-order valence-corrected chi connectivity index (χ3v) is 6.55. The van der Waals surface area contributed by atoms with Crippen LogP contribution >= 0.6 is 0 Å². The lowest BCUT2D eigenvalue weighted by molar-refractivity contribution is -0.144. The highest BCUT2D eigenvalue weighted by molar-refractivity contribution is 5.92. The van der Waals surface area contributed by atoms with Crippen LogP contribution in [0.15, 0.2) is 71.8 Å². The first-order valence-electron chi connectivity index (χ1n) is 10.3. The molecule has 0 radical (unpaired) electrons. The SMILES string of the molecule is CC1=C(C)C[C@@]2(CNC(=O)CN(Cc3ccccc3)C2=O)[C@@H](c2ccccc2)C1. The zero-order valence-corrected chi connectivity index (χ0v) is 17.2. The minimum atomic E-state index is -0.647. The number of amides is 2. The molecule has 1 fully saturated rings. The standard InChI is InChI=1S/C25H28N2O2/c1-18-13-22(21-11-7-4-8-12-21)25(14-19(18)2)17-26-23(28)16-27(24(25)29)15-20-9-5-3-6-10-20/h3-12,22H,13-17H2,1-2H3,(H,26,28)/t22-,25-/m1/s1. The van der Waals surface area contributed by atoms with Gasteiger partial charge < -0.3 is 10.2 Å². The molecule has 1 saturated heterocycles. The molecule has 1 aliphatic heterocycles. The zero-order chi connectivity index (χ0) is 20.4. The number of carbonyl (C=O) groups excluding carboxylic acids is 2. The van der Waals surface area contributed by atoms with Gasteiger partial charge in [0.05, 0.1) is 12.0 Å². The van der Waals surface area contributed by atoms with Gasteiger partial charge in [-0.3, -0.25) is 9.59 Å². The van der Waals surface area contributed by atoms with Crippen LogP contribution in [0.25, 0.3) is 0 Å². The highest BCUT2D eigenvalue weighted by atomic mass is 16.2. The molecule has 2 aliphatic rings. The highest BCUT2D eigenvalue weighted by Gasteiger charge is 2.51. The Hall–Kier alpha value is -2.88. The van der Waals surface area contributed by atoms with Crippen LogP contribution in [-0.2, 0) is 16.1 Å². The quantitative estimate of drug-likeness (QED) is 0.807. The van der Waals surface area contributed by atoms with E-state index in [0.29, 0.717) is 19.5 Å². The van der Waals surface area contributed by atoms with Gasteiger partial charge in [0.25, 0.3) is 0 Å². The van der Waals surface area contributed by atoms with Crippen molar-refractivity contribution in [1.29, 1.82) is 0 Å². The molecule has 4 rings (SSSR count). The first-order chi connectivity index (χ1) is 14.0. The maximum absolute atomic E-state index is 14.0. The fraction of sp³-hybridized carbons (Fsp3) is 0.360. The summed E-state index contributed by atoms with van der Waals surface area (Å²) in [4.78, 5) is 28.3. The predicted molar refractivity (Wildman–Crippen MR) is 114 cm³/mol. The van der Waals surface area contributed by atoms with Gasteiger partial charge in [-0.1, -0.05) is 71.8 Å². The fourth-order valence-electron chi connectivity index (χ4n) is 4.84. The molecule has 1 heterocycles. The van der Waals surface area contributed by atoms with E-state index < -0.39 is 5.41 Å². The Morgan fingerprint density at radius 1 is 0.966 bits per heavy atom. The molecular weight excluding hydrogens is 360 g/mol. The Morgan fingerprint density at radius 3 is 2.31 bits per heavy atom. The van der Waals surface area contributed by atoms with Gasteiger partial charge in [-0.05, 0) is 37.8 Å². The Bertz CT molecular complexity index is 936. The van der Waals surface area contributed by atoms with Gasteiger partial charge in [0, 0.05) is 19.0 Å². The van der Waals surface area contributed by atoms with Crippen molar-refractivity contribution in [2.24, 2.45) is 5.41 Å². The summed E-state index contributed by atoms with van der Waals surface area (Å²) in [6.45, 7) is 5.25. The lowest BCUT2D eigenvalue weighted by atomic mass is 9.61. The highest BCUT2D eigenvalue weighted by Crippen LogP contribution is 2.50. The van der Waals surface area contributed by atoms with Crippen LogP contribution in [-0.4, -0.2) is 29.8 Å². The number of nitrogens with zero attached hydrogens (tertiary/aromatic N) is 1. The molecule has 1 spiro atoms. The summed E-state index contributed by atoms with van der Waals surface area (Å²) >= 11 is 0. The van der Waals surface area contributed by atoms with Gasteiger partial charge in [0.15, 0.2) is 0 Å². The van der Waals surface area contributed by atoms with E-state index in [1.165, 1.54) is 16.7 Å². The maximum atomic E-state index is 14.0. The number of carbonyl (C=O) groups is 2. The van der Waals surface area contributed by atoms with Crippen molar-refractivity contribution >= 4 is 11.8 Å². The minimum Gasteiger partial charge on any atom is -0.353 e. The topological polar surface area (TPSA) is 49.4 Å². The van der Waals surface area contributed by atoms with E-state index in [0.717, 1.165) is 12.0 Å². The molecule has 4 nitrogen and oxygen atoms in total. The fourth-order valence-corrected chi connectivity index (χ4v) is 4.84. The molecular formula is C25H28N2O2. The lowest BCUT2D eigenvalue weighted by Crippen LogP contribution is -2.50. The molecule has 150 valence electrons. The van der Waals surface area contributed by atoms with Gasteiger partial charge >= 0.3 is 0 Å². The van der Waals surface area contributed by atoms with Crippen LogP contribution < -0.4 is 5.32 Å². The second-order valence-corrected chi connectivity index (χ2v) is 8.48. The van der Waals surface area contributed by atoms with Crippen LogP contribution in [0.4, 0.5) is 0 Å². The maximum Gasteiger partial charge on any atom is 0.239 e. The molecule has 0 bridgehead atoms. The second-order valence-electron chi connectivity index (χ2n) is 8.48. The van der Waals surface area contributed by atoms with Crippen molar-refractivity contribution in [3.63, 3.8) is 0 Å². The van der Waals surface area contributed by atoms with Crippen molar-refractivity contribution in [3.05, 3.63) is 82.9 Å². The summed E-state index contributed by atoms with van der Waals surface area (Å²) < 4.78 is 0. The zero-order valence-electron chi connectivity index (χ0n) is 17.2. The van der Waals surface area contributed by atoms with Gasteiger partial charge in [0.2, 0.25) is 11.8 Å². The molecule has 2 aromatic carbocycles. The normalized spacial score (nSPS) is 25.2. The third-order valence-electron chi connectivity index (χ3n) is 6.55. The molecule has 0 aromatic heterocycles. The number of allylic oxidation sites excluding steroid dienone is 2. The third kappa shape index (κ3) is 3.71. The second kappa shape index (κ2) is 7.86. The van der Waals surface area contributed by atoms with Crippen molar-refractivity contribution in [2.45, 2.75) is 39.2 Å². The smallest absolute Gasteiger partial charge is 0.239 e. The molecule has 2 atom stereocenters. The molecule has 2 amide bonds. The Morgan fingerprint density at radius 2 is 1.62 bits per heavy atom. The van der Waals surface area contributed by atoms with E-state index in [9.17, 15) is 9.59 Å². The average Bonchev–Trinajstić information content (AvgIpc) is 2.85. The van der Waals surface area contributed by atoms with Gasteiger partial charge in [-0.15, -0.1) is 0 Å². The van der Waals surface area contributed by atoms with E-state index in [-0.39, 0.29) is 24.3 Å². The number of hydrogen-bond acceptors (Lipinski definition) is 2. The van der Waals surface area contributed by atoms with Crippen molar-refractivity contribution in [2.75, 3.05) is 13.1 Å². The number of hydrogen-bond donors (Lipinski definition) is 1. The summed E-state index contributed by atoms with van der Waals surface area (Å²) in [6, 6.07) is 20.2. The molecule has 29 heavy (non-hydrogen) atoms. The van der Waals surface area contributed by atoms with Gasteiger partial charge in [-0.2, -0.15) is 0 Å². The molecule has 0 saturated carbocycles. The average molecular weight is 389 g/mol. The van der Waals surface area contributed by atoms with Crippen LogP contribution in [0.3, 0.4) is 0 Å². The first kappa shape index (κ1) is 19.4. The number of benzene rings is 2. The van der Waals surface area contributed by atoms with Gasteiger partial charge in [0.1, 0.15) is 0 Å². The van der Waals surface area contributed by atoms with Crippen LogP contribution in [0, 0.1) is 5.41 Å². The number of nitrogens with one attached hydrogen (secondary N) is 1. The minimum absolute atomic E-state index is 0.0524. The molecule has 1 N–H and O–H groups in total. The van der Waals surface area contributed by atoms with Crippen LogP contribution in [0.2, 0.25) is 0 Å². The summed E-state index contributed by atoms with van der Waals surface area (Å²) in [5, 5.41) is 3.06. The predicted octanol–water partition coefficient (Wildman–Crippen LogP) is 4.05. The van der Waals surface area contributed by atoms with Crippen LogP contribution in [0.1, 0.15) is 43.7 Å². The monoisotopic (exact) mass is 388 g/mol. The van der Waals surface area contributed by atoms with Crippen molar-refractivity contribution in [3.8, 4) is 0 Å². The molecule has 0 unspecified atom stereocenters. The Balaban J connectivity index is 1.77. The summed E-state index contributed by atoms with van der Waals surface area (Å²) in [5.41, 5.74) is 4.18. The summed E-state index contributed by atoms with van der Waals surface area (Å²) in [7, 11) is 0. The van der Waals surface area contributed by atoms with Crippen molar-refractivity contribution in [1.82, 2.24) is 10.2 Å². The Kier molecular flexibility index (Phi) is 5.27. The van der Waals surface area contributed by atoms with Gasteiger partial charge in [-0.25, -0.2) is 0 Å². The molecule has 1 aliphatic carbocycles.